The topological polar surface area (TPSA) is 66.4 Å². The fraction of sp³-hybridized carbons (Fsp3) is 0.238. The van der Waals surface area contributed by atoms with Crippen LogP contribution in [0.15, 0.2) is 42.5 Å². The maximum atomic E-state index is 12.7. The lowest BCUT2D eigenvalue weighted by Crippen LogP contribution is -2.26. The lowest BCUT2D eigenvalue weighted by Gasteiger charge is -2.10. The number of amides is 1. The number of nitrogens with one attached hydrogen (secondary N) is 1. The van der Waals surface area contributed by atoms with Crippen LogP contribution < -0.4 is 5.32 Å². The Balaban J connectivity index is 1.99. The molecule has 1 aliphatic carbocycles. The average molecular weight is 335 g/mol. The molecule has 2 N–H and O–H groups in total. The van der Waals surface area contributed by atoms with E-state index in [-0.39, 0.29) is 17.5 Å². The van der Waals surface area contributed by atoms with Gasteiger partial charge >= 0.3 is 5.97 Å². The average Bonchev–Trinajstić information content (AvgIpc) is 3.37. The molecule has 3 rings (SSSR count). The SMILES string of the molecule is Cc1ccc(C(=Cc2ccc(C(=O)O)c(C)c2)C(=O)NC2CC2)cc1. The summed E-state index contributed by atoms with van der Waals surface area (Å²) in [7, 11) is 0. The van der Waals surface area contributed by atoms with E-state index in [9.17, 15) is 9.59 Å². The molecule has 0 aromatic heterocycles. The maximum Gasteiger partial charge on any atom is 0.335 e. The van der Waals surface area contributed by atoms with Crippen LogP contribution in [-0.2, 0) is 4.79 Å². The van der Waals surface area contributed by atoms with Gasteiger partial charge in [0.1, 0.15) is 0 Å². The summed E-state index contributed by atoms with van der Waals surface area (Å²) in [5.41, 5.74) is 4.33. The highest BCUT2D eigenvalue weighted by molar-refractivity contribution is 6.24. The zero-order valence-corrected chi connectivity index (χ0v) is 14.4. The van der Waals surface area contributed by atoms with E-state index in [1.54, 1.807) is 25.1 Å². The minimum Gasteiger partial charge on any atom is -0.478 e. The van der Waals surface area contributed by atoms with Gasteiger partial charge in [-0.1, -0.05) is 42.0 Å². The summed E-state index contributed by atoms with van der Waals surface area (Å²) >= 11 is 0. The highest BCUT2D eigenvalue weighted by Gasteiger charge is 2.25. The van der Waals surface area contributed by atoms with E-state index in [2.05, 4.69) is 5.32 Å². The third kappa shape index (κ3) is 4.15. The van der Waals surface area contributed by atoms with Crippen molar-refractivity contribution in [2.75, 3.05) is 0 Å². The first-order valence-corrected chi connectivity index (χ1v) is 8.37. The minimum atomic E-state index is -0.946. The Morgan fingerprint density at radius 3 is 2.32 bits per heavy atom. The van der Waals surface area contributed by atoms with Gasteiger partial charge in [0.15, 0.2) is 0 Å². The molecule has 0 bridgehead atoms. The summed E-state index contributed by atoms with van der Waals surface area (Å²) in [6.45, 7) is 3.77. The number of aryl methyl sites for hydroxylation is 2. The Morgan fingerprint density at radius 1 is 1.08 bits per heavy atom. The fourth-order valence-corrected chi connectivity index (χ4v) is 2.69. The summed E-state index contributed by atoms with van der Waals surface area (Å²) < 4.78 is 0. The third-order valence-electron chi connectivity index (χ3n) is 4.31. The summed E-state index contributed by atoms with van der Waals surface area (Å²) in [6.07, 6.45) is 3.87. The number of hydrogen-bond donors (Lipinski definition) is 2. The first kappa shape index (κ1) is 17.0. The van der Waals surface area contributed by atoms with Crippen molar-refractivity contribution < 1.29 is 14.7 Å². The quantitative estimate of drug-likeness (QED) is 0.645. The van der Waals surface area contributed by atoms with Gasteiger partial charge in [0.05, 0.1) is 5.56 Å². The second-order valence-electron chi connectivity index (χ2n) is 6.55. The smallest absolute Gasteiger partial charge is 0.335 e. The molecule has 25 heavy (non-hydrogen) atoms. The molecule has 1 amide bonds. The summed E-state index contributed by atoms with van der Waals surface area (Å²) in [5, 5.41) is 12.2. The highest BCUT2D eigenvalue weighted by Crippen LogP contribution is 2.24. The van der Waals surface area contributed by atoms with Gasteiger partial charge in [-0.2, -0.15) is 0 Å². The van der Waals surface area contributed by atoms with E-state index in [1.807, 2.05) is 37.3 Å². The Labute approximate surface area is 147 Å². The van der Waals surface area contributed by atoms with Crippen molar-refractivity contribution >= 4 is 23.5 Å². The van der Waals surface area contributed by atoms with Gasteiger partial charge in [-0.25, -0.2) is 4.79 Å². The lowest BCUT2D eigenvalue weighted by molar-refractivity contribution is -0.115. The Bertz CT molecular complexity index is 846. The normalized spacial score (nSPS) is 14.2. The van der Waals surface area contributed by atoms with Crippen molar-refractivity contribution in [3.63, 3.8) is 0 Å². The summed E-state index contributed by atoms with van der Waals surface area (Å²) in [4.78, 5) is 23.8. The molecule has 0 saturated heterocycles. The van der Waals surface area contributed by atoms with Gasteiger partial charge in [-0.15, -0.1) is 0 Å². The Kier molecular flexibility index (Phi) is 4.70. The van der Waals surface area contributed by atoms with Crippen LogP contribution in [-0.4, -0.2) is 23.0 Å². The van der Waals surface area contributed by atoms with Crippen LogP contribution in [0, 0.1) is 13.8 Å². The van der Waals surface area contributed by atoms with Crippen LogP contribution in [0.25, 0.3) is 11.6 Å². The molecule has 1 saturated carbocycles. The molecule has 0 atom stereocenters. The highest BCUT2D eigenvalue weighted by atomic mass is 16.4. The Morgan fingerprint density at radius 2 is 1.76 bits per heavy atom. The van der Waals surface area contributed by atoms with Gasteiger partial charge in [0.25, 0.3) is 5.91 Å². The lowest BCUT2D eigenvalue weighted by atomic mass is 9.98. The van der Waals surface area contributed by atoms with Crippen molar-refractivity contribution in [3.05, 3.63) is 70.3 Å². The molecule has 0 aliphatic heterocycles. The molecule has 4 heteroatoms. The first-order valence-electron chi connectivity index (χ1n) is 8.37. The van der Waals surface area contributed by atoms with Gasteiger partial charge < -0.3 is 10.4 Å². The van der Waals surface area contributed by atoms with Crippen molar-refractivity contribution in [2.24, 2.45) is 0 Å². The van der Waals surface area contributed by atoms with Crippen molar-refractivity contribution in [1.29, 1.82) is 0 Å². The van der Waals surface area contributed by atoms with Crippen molar-refractivity contribution in [2.45, 2.75) is 32.7 Å². The second-order valence-corrected chi connectivity index (χ2v) is 6.55. The number of aromatic carboxylic acids is 1. The van der Waals surface area contributed by atoms with Crippen molar-refractivity contribution in [1.82, 2.24) is 5.32 Å². The zero-order valence-electron chi connectivity index (χ0n) is 14.4. The molecule has 4 nitrogen and oxygen atoms in total. The van der Waals surface area contributed by atoms with Gasteiger partial charge in [-0.3, -0.25) is 4.79 Å². The molecule has 1 aliphatic rings. The van der Waals surface area contributed by atoms with Gasteiger partial charge in [-0.05, 0) is 55.5 Å². The zero-order chi connectivity index (χ0) is 18.0. The van der Waals surface area contributed by atoms with E-state index in [0.717, 1.165) is 29.5 Å². The van der Waals surface area contributed by atoms with E-state index < -0.39 is 5.97 Å². The van der Waals surface area contributed by atoms with Crippen LogP contribution in [0.5, 0.6) is 0 Å². The minimum absolute atomic E-state index is 0.0914. The number of hydrogen-bond acceptors (Lipinski definition) is 2. The number of carbonyl (C=O) groups excluding carboxylic acids is 1. The molecule has 0 unspecified atom stereocenters. The molecule has 0 heterocycles. The fourth-order valence-electron chi connectivity index (χ4n) is 2.69. The molecular formula is C21H21NO3. The molecule has 2 aromatic carbocycles. The summed E-state index contributed by atoms with van der Waals surface area (Å²) in [6, 6.07) is 13.2. The molecule has 128 valence electrons. The molecular weight excluding hydrogens is 314 g/mol. The first-order chi connectivity index (χ1) is 11.9. The van der Waals surface area contributed by atoms with E-state index in [0.29, 0.717) is 11.1 Å². The monoisotopic (exact) mass is 335 g/mol. The van der Waals surface area contributed by atoms with Crippen LogP contribution >= 0.6 is 0 Å². The van der Waals surface area contributed by atoms with Crippen molar-refractivity contribution in [3.8, 4) is 0 Å². The predicted octanol–water partition coefficient (Wildman–Crippen LogP) is 3.82. The number of carboxylic acids is 1. The van der Waals surface area contributed by atoms with E-state index in [1.165, 1.54) is 0 Å². The second kappa shape index (κ2) is 6.93. The van der Waals surface area contributed by atoms with Crippen LogP contribution in [0.3, 0.4) is 0 Å². The van der Waals surface area contributed by atoms with E-state index >= 15 is 0 Å². The Hall–Kier alpha value is -2.88. The standard InChI is InChI=1S/C21H21NO3/c1-13-3-6-16(7-4-13)19(20(23)22-17-8-9-17)12-15-5-10-18(21(24)25)14(2)11-15/h3-7,10-12,17H,8-9H2,1-2H3,(H,22,23)(H,24,25). The van der Waals surface area contributed by atoms with Crippen LogP contribution in [0.1, 0.15) is 45.5 Å². The largest absolute Gasteiger partial charge is 0.478 e. The summed E-state index contributed by atoms with van der Waals surface area (Å²) in [5.74, 6) is -1.04. The van der Waals surface area contributed by atoms with E-state index in [4.69, 9.17) is 5.11 Å². The molecule has 2 aromatic rings. The number of carbonyl (C=O) groups is 2. The number of benzene rings is 2. The van der Waals surface area contributed by atoms with Crippen LogP contribution in [0.2, 0.25) is 0 Å². The van der Waals surface area contributed by atoms with Gasteiger partial charge in [0.2, 0.25) is 0 Å². The van der Waals surface area contributed by atoms with Crippen LogP contribution in [0.4, 0.5) is 0 Å². The predicted molar refractivity (Wildman–Crippen MR) is 98.4 cm³/mol. The molecule has 0 spiro atoms. The number of rotatable bonds is 5. The van der Waals surface area contributed by atoms with Gasteiger partial charge in [0, 0.05) is 11.6 Å². The maximum absolute atomic E-state index is 12.7. The molecule has 1 fully saturated rings. The third-order valence-corrected chi connectivity index (χ3v) is 4.31. The number of carboxylic acid groups (broad SMARTS) is 1. The molecule has 0 radical (unpaired) electrons.